The summed E-state index contributed by atoms with van der Waals surface area (Å²) < 4.78 is 12.1. The summed E-state index contributed by atoms with van der Waals surface area (Å²) in [6, 6.07) is 12.7. The van der Waals surface area contributed by atoms with Crippen LogP contribution in [0.2, 0.25) is 5.02 Å². The van der Waals surface area contributed by atoms with Gasteiger partial charge in [-0.2, -0.15) is 4.98 Å². The van der Waals surface area contributed by atoms with E-state index in [4.69, 9.17) is 25.8 Å². The van der Waals surface area contributed by atoms with E-state index in [2.05, 4.69) is 17.2 Å². The molecule has 0 spiro atoms. The van der Waals surface area contributed by atoms with Gasteiger partial charge in [0.1, 0.15) is 18.2 Å². The molecule has 1 N–H and O–H groups in total. The Balaban J connectivity index is 1.62. The fourth-order valence-electron chi connectivity index (χ4n) is 5.02. The number of hydrogen-bond acceptors (Lipinski definition) is 5. The average Bonchev–Trinajstić information content (AvgIpc) is 3.54. The Labute approximate surface area is 203 Å². The zero-order chi connectivity index (χ0) is 23.9. The monoisotopic (exact) mass is 479 g/mol. The summed E-state index contributed by atoms with van der Waals surface area (Å²) in [5.74, 6) is 0.756. The van der Waals surface area contributed by atoms with Crippen LogP contribution in [0, 0.1) is 6.92 Å². The zero-order valence-corrected chi connectivity index (χ0v) is 20.4. The van der Waals surface area contributed by atoms with E-state index in [0.717, 1.165) is 39.7 Å². The summed E-state index contributed by atoms with van der Waals surface area (Å²) >= 11 is 6.07. The van der Waals surface area contributed by atoms with Gasteiger partial charge in [0.25, 0.3) is 0 Å². The van der Waals surface area contributed by atoms with Crippen LogP contribution in [0.25, 0.3) is 10.9 Å². The van der Waals surface area contributed by atoms with Gasteiger partial charge in [0, 0.05) is 45.6 Å². The van der Waals surface area contributed by atoms with Crippen molar-refractivity contribution >= 4 is 28.3 Å². The number of carbonyl (C=O) groups is 1. The molecule has 1 atom stereocenters. The van der Waals surface area contributed by atoms with Gasteiger partial charge in [-0.3, -0.25) is 4.79 Å². The summed E-state index contributed by atoms with van der Waals surface area (Å²) in [5.41, 5.74) is 3.13. The van der Waals surface area contributed by atoms with Gasteiger partial charge in [0.05, 0.1) is 27.2 Å². The number of fused-ring (bicyclic) bond motifs is 1. The number of ketones is 1. The number of nitrogens with zero attached hydrogens (tertiary/aromatic N) is 3. The molecule has 176 valence electrons. The molecule has 2 aromatic carbocycles. The van der Waals surface area contributed by atoms with Crippen LogP contribution in [0.1, 0.15) is 52.1 Å². The smallest absolute Gasteiger partial charge is 0.242 e. The third-order valence-electron chi connectivity index (χ3n) is 6.82. The molecule has 1 unspecified atom stereocenters. The number of benzene rings is 2. The normalized spacial score (nSPS) is 16.1. The Bertz CT molecular complexity index is 1340. The first-order chi connectivity index (χ1) is 16.4. The molecule has 3 heterocycles. The second-order valence-electron chi connectivity index (χ2n) is 9.36. The maximum Gasteiger partial charge on any atom is 0.242 e. The van der Waals surface area contributed by atoms with E-state index in [1.165, 1.54) is 12.8 Å². The molecule has 7 nitrogen and oxygen atoms in total. The van der Waals surface area contributed by atoms with E-state index in [0.29, 0.717) is 34.6 Å². The Morgan fingerprint density at radius 1 is 1.21 bits per heavy atom. The largest absolute Gasteiger partial charge is 0.497 e. The number of quaternary nitrogens is 1. The average molecular weight is 480 g/mol. The van der Waals surface area contributed by atoms with Crippen LogP contribution in [-0.2, 0) is 6.54 Å². The van der Waals surface area contributed by atoms with Crippen LogP contribution < -0.4 is 4.74 Å². The van der Waals surface area contributed by atoms with Crippen molar-refractivity contribution in [1.82, 2.24) is 15.1 Å². The minimum Gasteiger partial charge on any atom is -0.497 e. The number of aromatic nitrogens is 3. The lowest BCUT2D eigenvalue weighted by molar-refractivity contribution is -0.911. The molecule has 0 aliphatic carbocycles. The van der Waals surface area contributed by atoms with E-state index < -0.39 is 5.92 Å². The van der Waals surface area contributed by atoms with Crippen molar-refractivity contribution in [3.8, 4) is 5.75 Å². The van der Waals surface area contributed by atoms with Crippen molar-refractivity contribution in [1.29, 1.82) is 0 Å². The minimum absolute atomic E-state index is 0.125. The van der Waals surface area contributed by atoms with E-state index in [9.17, 15) is 4.79 Å². The number of nitrogens with one attached hydrogen (secondary N) is 1. The van der Waals surface area contributed by atoms with Crippen LogP contribution in [0.5, 0.6) is 5.75 Å². The van der Waals surface area contributed by atoms with Crippen LogP contribution in [0.4, 0.5) is 0 Å². The third kappa shape index (κ3) is 4.21. The molecule has 0 amide bonds. The number of likely N-dealkylation sites (tertiary alicyclic amines) is 1. The number of aryl methyl sites for hydroxylation is 1. The summed E-state index contributed by atoms with van der Waals surface area (Å²) in [6.07, 6.45) is 2.41. The summed E-state index contributed by atoms with van der Waals surface area (Å²) in [6.45, 7) is 4.83. The molecule has 1 aliphatic rings. The van der Waals surface area contributed by atoms with Crippen LogP contribution in [0.15, 0.2) is 47.0 Å². The number of halogens is 1. The lowest BCUT2D eigenvalue weighted by Crippen LogP contribution is -2.40. The van der Waals surface area contributed by atoms with Crippen molar-refractivity contribution in [2.75, 3.05) is 27.2 Å². The first-order valence-corrected chi connectivity index (χ1v) is 11.9. The molecule has 0 radical (unpaired) electrons. The highest BCUT2D eigenvalue weighted by Gasteiger charge is 2.35. The lowest BCUT2D eigenvalue weighted by atomic mass is 9.88. The van der Waals surface area contributed by atoms with Crippen molar-refractivity contribution in [2.45, 2.75) is 32.2 Å². The Hall–Kier alpha value is -3.16. The van der Waals surface area contributed by atoms with Gasteiger partial charge in [-0.25, -0.2) is 0 Å². The topological polar surface area (TPSA) is 81.0 Å². The number of H-pyrrole nitrogens is 1. The highest BCUT2D eigenvalue weighted by Crippen LogP contribution is 2.37. The van der Waals surface area contributed by atoms with Crippen LogP contribution in [-0.4, -0.2) is 52.6 Å². The fraction of sp³-hybridized carbons (Fsp3) is 0.346. The predicted molar refractivity (Wildman–Crippen MR) is 130 cm³/mol. The number of ether oxygens (including phenoxy) is 1. The first kappa shape index (κ1) is 22.6. The molecule has 2 aromatic heterocycles. The summed E-state index contributed by atoms with van der Waals surface area (Å²) in [5, 5.41) is 5.74. The van der Waals surface area contributed by atoms with Gasteiger partial charge >= 0.3 is 0 Å². The molecule has 8 heteroatoms. The van der Waals surface area contributed by atoms with Crippen molar-refractivity contribution < 1.29 is 18.5 Å². The number of rotatable bonds is 7. The van der Waals surface area contributed by atoms with Crippen molar-refractivity contribution in [3.05, 3.63) is 76.0 Å². The number of Topliss-reactive ketones (excluding diaryl/α,β-unsaturated/α-hetero) is 1. The third-order valence-corrected chi connectivity index (χ3v) is 7.07. The van der Waals surface area contributed by atoms with Crippen molar-refractivity contribution in [2.24, 2.45) is 0 Å². The summed E-state index contributed by atoms with van der Waals surface area (Å²) in [4.78, 5) is 22.0. The van der Waals surface area contributed by atoms with Gasteiger partial charge in [-0.05, 0) is 49.4 Å². The summed E-state index contributed by atoms with van der Waals surface area (Å²) in [7, 11) is 3.85. The van der Waals surface area contributed by atoms with Gasteiger partial charge in [-0.15, -0.1) is 0 Å². The van der Waals surface area contributed by atoms with Gasteiger partial charge in [0.15, 0.2) is 5.78 Å². The molecule has 5 rings (SSSR count). The first-order valence-electron chi connectivity index (χ1n) is 11.5. The minimum atomic E-state index is -0.757. The predicted octanol–water partition coefficient (Wildman–Crippen LogP) is 5.28. The lowest BCUT2D eigenvalue weighted by Gasteiger charge is -2.27. The molecule has 4 aromatic rings. The zero-order valence-electron chi connectivity index (χ0n) is 19.6. The number of aromatic amines is 1. The highest BCUT2D eigenvalue weighted by molar-refractivity contribution is 6.30. The van der Waals surface area contributed by atoms with Gasteiger partial charge in [-0.1, -0.05) is 16.8 Å². The number of carbonyl (C=O) groups excluding carboxylic acids is 1. The fourth-order valence-corrected chi connectivity index (χ4v) is 5.15. The van der Waals surface area contributed by atoms with Gasteiger partial charge < -0.3 is 18.7 Å². The maximum atomic E-state index is 13.9. The van der Waals surface area contributed by atoms with E-state index in [-0.39, 0.29) is 5.78 Å². The highest BCUT2D eigenvalue weighted by atomic mass is 35.5. The quantitative estimate of drug-likeness (QED) is 0.288. The molecular formula is C26H28ClN4O3+. The molecule has 1 aliphatic heterocycles. The Morgan fingerprint density at radius 2 is 1.94 bits per heavy atom. The maximum absolute atomic E-state index is 13.9. The van der Waals surface area contributed by atoms with E-state index >= 15 is 0 Å². The molecule has 34 heavy (non-hydrogen) atoms. The van der Waals surface area contributed by atoms with Crippen molar-refractivity contribution in [3.63, 3.8) is 0 Å². The second-order valence-corrected chi connectivity index (χ2v) is 9.80. The molecular weight excluding hydrogens is 452 g/mol. The molecule has 1 saturated heterocycles. The van der Waals surface area contributed by atoms with Crippen LogP contribution in [0.3, 0.4) is 0 Å². The Kier molecular flexibility index (Phi) is 5.91. The Morgan fingerprint density at radius 3 is 2.65 bits per heavy atom. The molecule has 1 fully saturated rings. The SMILES string of the molecule is COc1ccc2[nH]c(C)c(C(C(=O)c3ccc(Cl)cc3)c3nc(C[N+]4(C)CCCC4)no3)c2c1. The number of hydrogen-bond donors (Lipinski definition) is 1. The standard InChI is InChI=1S/C26H28ClN4O3/c1-16-23(20-14-19(33-3)10-11-21(20)28-16)24(25(32)17-6-8-18(27)9-7-17)26-29-22(30-34-26)15-31(2)12-4-5-13-31/h6-11,14,24,28H,4-5,12-13,15H2,1-3H3/q+1. The van der Waals surface area contributed by atoms with E-state index in [1.807, 2.05) is 25.1 Å². The van der Waals surface area contributed by atoms with E-state index in [1.54, 1.807) is 31.4 Å². The molecule has 0 bridgehead atoms. The van der Waals surface area contributed by atoms with Crippen LogP contribution >= 0.6 is 11.6 Å². The number of methoxy groups -OCH3 is 1. The van der Waals surface area contributed by atoms with Gasteiger partial charge in [0.2, 0.25) is 11.7 Å². The molecule has 0 saturated carbocycles. The second kappa shape index (κ2) is 8.89.